The van der Waals surface area contributed by atoms with Crippen LogP contribution in [0.5, 0.6) is 0 Å². The van der Waals surface area contributed by atoms with Gasteiger partial charge in [0.25, 0.3) is 0 Å². The van der Waals surface area contributed by atoms with Crippen molar-refractivity contribution in [1.29, 1.82) is 0 Å². The molecule has 1 fully saturated rings. The third kappa shape index (κ3) is 2.19. The molecule has 1 N–H and O–H groups in total. The van der Waals surface area contributed by atoms with Crippen LogP contribution in [0, 0.1) is 5.92 Å². The number of ether oxygens (including phenoxy) is 2. The standard InChI is InChI=1S/C9H18O3/c1-4-8-11-5-7(10)9(12-8)6(2)3/h6-10H,4-5H2,1-3H3/t7-,8+,9-/m1/s1. The van der Waals surface area contributed by atoms with E-state index in [4.69, 9.17) is 9.47 Å². The lowest BCUT2D eigenvalue weighted by Gasteiger charge is -2.35. The van der Waals surface area contributed by atoms with E-state index in [-0.39, 0.29) is 12.4 Å². The van der Waals surface area contributed by atoms with Gasteiger partial charge in [0.2, 0.25) is 0 Å². The van der Waals surface area contributed by atoms with Crippen molar-refractivity contribution in [3.63, 3.8) is 0 Å². The SMILES string of the molecule is CC[C@H]1OC[C@@H](O)[C@@H](C(C)C)O1. The molecule has 0 amide bonds. The van der Waals surface area contributed by atoms with Crippen molar-refractivity contribution in [2.24, 2.45) is 5.92 Å². The third-order valence-electron chi connectivity index (χ3n) is 2.13. The molecule has 3 nitrogen and oxygen atoms in total. The lowest BCUT2D eigenvalue weighted by molar-refractivity contribution is -0.261. The highest BCUT2D eigenvalue weighted by molar-refractivity contribution is 4.75. The van der Waals surface area contributed by atoms with Gasteiger partial charge in [-0.3, -0.25) is 0 Å². The van der Waals surface area contributed by atoms with E-state index in [2.05, 4.69) is 0 Å². The summed E-state index contributed by atoms with van der Waals surface area (Å²) in [6.07, 6.45) is 0.188. The minimum Gasteiger partial charge on any atom is -0.388 e. The van der Waals surface area contributed by atoms with Crippen LogP contribution in [0.2, 0.25) is 0 Å². The molecule has 0 aliphatic carbocycles. The Hall–Kier alpha value is -0.120. The molecular formula is C9H18O3. The Bertz CT molecular complexity index is 136. The van der Waals surface area contributed by atoms with Gasteiger partial charge in [0.05, 0.1) is 12.7 Å². The van der Waals surface area contributed by atoms with Crippen molar-refractivity contribution in [3.8, 4) is 0 Å². The number of aliphatic hydroxyl groups is 1. The van der Waals surface area contributed by atoms with E-state index in [9.17, 15) is 5.11 Å². The predicted molar refractivity (Wildman–Crippen MR) is 45.7 cm³/mol. The number of hydrogen-bond acceptors (Lipinski definition) is 3. The molecule has 1 aliphatic heterocycles. The molecule has 1 saturated heterocycles. The summed E-state index contributed by atoms with van der Waals surface area (Å²) < 4.78 is 10.8. The largest absolute Gasteiger partial charge is 0.388 e. The van der Waals surface area contributed by atoms with Crippen LogP contribution in [0.3, 0.4) is 0 Å². The molecule has 0 spiro atoms. The van der Waals surface area contributed by atoms with Gasteiger partial charge in [0.1, 0.15) is 6.10 Å². The molecule has 0 radical (unpaired) electrons. The van der Waals surface area contributed by atoms with E-state index in [1.807, 2.05) is 20.8 Å². The topological polar surface area (TPSA) is 38.7 Å². The summed E-state index contributed by atoms with van der Waals surface area (Å²) in [7, 11) is 0. The second-order valence-corrected chi connectivity index (χ2v) is 3.58. The Morgan fingerprint density at radius 2 is 2.17 bits per heavy atom. The van der Waals surface area contributed by atoms with Crippen LogP contribution in [0.1, 0.15) is 27.2 Å². The molecule has 3 atom stereocenters. The number of aliphatic hydroxyl groups excluding tert-OH is 1. The molecule has 0 bridgehead atoms. The second-order valence-electron chi connectivity index (χ2n) is 3.58. The normalized spacial score (nSPS) is 37.2. The van der Waals surface area contributed by atoms with Crippen LogP contribution in [0.4, 0.5) is 0 Å². The molecule has 0 aromatic heterocycles. The molecule has 1 rings (SSSR count). The van der Waals surface area contributed by atoms with E-state index in [0.29, 0.717) is 12.5 Å². The van der Waals surface area contributed by atoms with Crippen molar-refractivity contribution >= 4 is 0 Å². The van der Waals surface area contributed by atoms with Crippen molar-refractivity contribution in [2.45, 2.75) is 45.7 Å². The molecule has 12 heavy (non-hydrogen) atoms. The fraction of sp³-hybridized carbons (Fsp3) is 1.00. The maximum absolute atomic E-state index is 9.50. The Labute approximate surface area is 73.7 Å². The van der Waals surface area contributed by atoms with Gasteiger partial charge in [-0.1, -0.05) is 20.8 Å². The summed E-state index contributed by atoms with van der Waals surface area (Å²) >= 11 is 0. The fourth-order valence-electron chi connectivity index (χ4n) is 1.42. The van der Waals surface area contributed by atoms with Gasteiger partial charge < -0.3 is 14.6 Å². The third-order valence-corrected chi connectivity index (χ3v) is 2.13. The maximum atomic E-state index is 9.50. The molecule has 0 aromatic carbocycles. The van der Waals surface area contributed by atoms with Gasteiger partial charge in [-0.15, -0.1) is 0 Å². The quantitative estimate of drug-likeness (QED) is 0.682. The van der Waals surface area contributed by atoms with Crippen LogP contribution in [-0.4, -0.2) is 30.2 Å². The van der Waals surface area contributed by atoms with Gasteiger partial charge in [-0.2, -0.15) is 0 Å². The lowest BCUT2D eigenvalue weighted by atomic mass is 10.0. The molecule has 3 heteroatoms. The highest BCUT2D eigenvalue weighted by atomic mass is 16.7. The van der Waals surface area contributed by atoms with Crippen LogP contribution in [0.25, 0.3) is 0 Å². The zero-order valence-corrected chi connectivity index (χ0v) is 7.99. The molecule has 0 aromatic rings. The maximum Gasteiger partial charge on any atom is 0.157 e. The molecule has 1 heterocycles. The predicted octanol–water partition coefficient (Wildman–Crippen LogP) is 1.15. The van der Waals surface area contributed by atoms with Crippen molar-refractivity contribution < 1.29 is 14.6 Å². The average molecular weight is 174 g/mol. The van der Waals surface area contributed by atoms with E-state index in [1.165, 1.54) is 0 Å². The summed E-state index contributed by atoms with van der Waals surface area (Å²) in [5.74, 6) is 0.345. The van der Waals surface area contributed by atoms with E-state index < -0.39 is 6.10 Å². The Kier molecular flexibility index (Phi) is 3.50. The first kappa shape index (κ1) is 9.96. The van der Waals surface area contributed by atoms with Crippen LogP contribution in [-0.2, 0) is 9.47 Å². The summed E-state index contributed by atoms with van der Waals surface area (Å²) in [4.78, 5) is 0. The van der Waals surface area contributed by atoms with Crippen molar-refractivity contribution in [2.75, 3.05) is 6.61 Å². The highest BCUT2D eigenvalue weighted by Gasteiger charge is 2.31. The van der Waals surface area contributed by atoms with E-state index >= 15 is 0 Å². The van der Waals surface area contributed by atoms with Crippen molar-refractivity contribution in [3.05, 3.63) is 0 Å². The minimum atomic E-state index is -0.465. The molecule has 1 aliphatic rings. The first-order chi connectivity index (χ1) is 5.65. The van der Waals surface area contributed by atoms with E-state index in [1.54, 1.807) is 0 Å². The second kappa shape index (κ2) is 4.21. The Morgan fingerprint density at radius 3 is 2.67 bits per heavy atom. The van der Waals surface area contributed by atoms with Gasteiger partial charge >= 0.3 is 0 Å². The summed E-state index contributed by atoms with van der Waals surface area (Å²) in [6, 6.07) is 0. The average Bonchev–Trinajstić information content (AvgIpc) is 2.05. The first-order valence-corrected chi connectivity index (χ1v) is 4.60. The zero-order chi connectivity index (χ0) is 9.14. The highest BCUT2D eigenvalue weighted by Crippen LogP contribution is 2.20. The molecule has 0 unspecified atom stereocenters. The summed E-state index contributed by atoms with van der Waals surface area (Å²) in [6.45, 7) is 6.51. The van der Waals surface area contributed by atoms with Gasteiger partial charge in [0.15, 0.2) is 6.29 Å². The minimum absolute atomic E-state index is 0.0660. The lowest BCUT2D eigenvalue weighted by Crippen LogP contribution is -2.46. The smallest absolute Gasteiger partial charge is 0.157 e. The fourth-order valence-corrected chi connectivity index (χ4v) is 1.42. The molecule has 72 valence electrons. The zero-order valence-electron chi connectivity index (χ0n) is 7.99. The van der Waals surface area contributed by atoms with Crippen molar-refractivity contribution in [1.82, 2.24) is 0 Å². The first-order valence-electron chi connectivity index (χ1n) is 4.60. The molecular weight excluding hydrogens is 156 g/mol. The van der Waals surface area contributed by atoms with Gasteiger partial charge in [0, 0.05) is 0 Å². The van der Waals surface area contributed by atoms with Gasteiger partial charge in [-0.25, -0.2) is 0 Å². The Balaban J connectivity index is 2.47. The van der Waals surface area contributed by atoms with Crippen LogP contribution >= 0.6 is 0 Å². The number of hydrogen-bond donors (Lipinski definition) is 1. The monoisotopic (exact) mass is 174 g/mol. The number of rotatable bonds is 2. The molecule has 0 saturated carbocycles. The van der Waals surface area contributed by atoms with Crippen LogP contribution < -0.4 is 0 Å². The van der Waals surface area contributed by atoms with Crippen LogP contribution in [0.15, 0.2) is 0 Å². The summed E-state index contributed by atoms with van der Waals surface area (Å²) in [5.41, 5.74) is 0. The van der Waals surface area contributed by atoms with E-state index in [0.717, 1.165) is 6.42 Å². The Morgan fingerprint density at radius 1 is 1.50 bits per heavy atom. The summed E-state index contributed by atoms with van der Waals surface area (Å²) in [5, 5.41) is 9.50. The van der Waals surface area contributed by atoms with Gasteiger partial charge in [-0.05, 0) is 12.3 Å².